The van der Waals surface area contributed by atoms with E-state index < -0.39 is 0 Å². The SMILES string of the molecule is O=c1c2cc(-c3ccc(Cl)cc3)nn2cc(-c2ccc(Cl)cc2)n1CCOCCO. The molecule has 2 aromatic heterocycles. The number of fused-ring (bicyclic) bond motifs is 1. The van der Waals surface area contributed by atoms with Gasteiger partial charge in [-0.2, -0.15) is 5.10 Å². The zero-order chi connectivity index (χ0) is 21.1. The Morgan fingerprint density at radius 1 is 0.933 bits per heavy atom. The fraction of sp³-hybridized carbons (Fsp3) is 0.182. The number of rotatable bonds is 7. The summed E-state index contributed by atoms with van der Waals surface area (Å²) in [6, 6.07) is 16.4. The second kappa shape index (κ2) is 9.02. The minimum atomic E-state index is -0.178. The van der Waals surface area contributed by atoms with Gasteiger partial charge in [0.05, 0.1) is 37.4 Å². The van der Waals surface area contributed by atoms with Crippen LogP contribution >= 0.6 is 23.2 Å². The highest BCUT2D eigenvalue weighted by Gasteiger charge is 2.15. The van der Waals surface area contributed by atoms with Crippen LogP contribution in [0.4, 0.5) is 0 Å². The molecule has 0 saturated heterocycles. The van der Waals surface area contributed by atoms with Crippen LogP contribution in [0.1, 0.15) is 0 Å². The predicted molar refractivity (Wildman–Crippen MR) is 118 cm³/mol. The van der Waals surface area contributed by atoms with Crippen molar-refractivity contribution in [3.8, 4) is 22.5 Å². The van der Waals surface area contributed by atoms with Crippen molar-refractivity contribution in [1.82, 2.24) is 14.2 Å². The van der Waals surface area contributed by atoms with Crippen LogP contribution in [0.2, 0.25) is 10.0 Å². The highest BCUT2D eigenvalue weighted by atomic mass is 35.5. The smallest absolute Gasteiger partial charge is 0.277 e. The summed E-state index contributed by atoms with van der Waals surface area (Å²) < 4.78 is 8.64. The molecule has 0 aliphatic heterocycles. The van der Waals surface area contributed by atoms with Crippen molar-refractivity contribution >= 4 is 28.7 Å². The summed E-state index contributed by atoms with van der Waals surface area (Å²) in [5, 5.41) is 14.8. The van der Waals surface area contributed by atoms with E-state index in [9.17, 15) is 4.79 Å². The van der Waals surface area contributed by atoms with Crippen LogP contribution in [0.15, 0.2) is 65.6 Å². The first-order chi connectivity index (χ1) is 14.6. The molecule has 0 atom stereocenters. The Morgan fingerprint density at radius 2 is 1.57 bits per heavy atom. The summed E-state index contributed by atoms with van der Waals surface area (Å²) in [5.74, 6) is 0. The number of benzene rings is 2. The number of hydrogen-bond donors (Lipinski definition) is 1. The van der Waals surface area contributed by atoms with Crippen LogP contribution < -0.4 is 5.56 Å². The molecule has 1 N–H and O–H groups in total. The number of aliphatic hydroxyl groups is 1. The van der Waals surface area contributed by atoms with E-state index in [1.165, 1.54) is 0 Å². The average molecular weight is 444 g/mol. The zero-order valence-corrected chi connectivity index (χ0v) is 17.5. The van der Waals surface area contributed by atoms with Crippen LogP contribution in [0.25, 0.3) is 28.0 Å². The Balaban J connectivity index is 1.83. The molecule has 2 aromatic carbocycles. The van der Waals surface area contributed by atoms with Gasteiger partial charge in [0.2, 0.25) is 0 Å². The van der Waals surface area contributed by atoms with E-state index in [0.29, 0.717) is 40.1 Å². The predicted octanol–water partition coefficient (Wildman–Crippen LogP) is 4.15. The van der Waals surface area contributed by atoms with E-state index in [2.05, 4.69) is 5.10 Å². The first kappa shape index (κ1) is 20.6. The van der Waals surface area contributed by atoms with Crippen molar-refractivity contribution in [1.29, 1.82) is 0 Å². The third-order valence-electron chi connectivity index (χ3n) is 4.71. The summed E-state index contributed by atoms with van der Waals surface area (Å²) in [5.41, 5.74) is 3.36. The zero-order valence-electron chi connectivity index (χ0n) is 16.0. The summed E-state index contributed by atoms with van der Waals surface area (Å²) in [4.78, 5) is 13.3. The van der Waals surface area contributed by atoms with Gasteiger partial charge in [-0.3, -0.25) is 4.79 Å². The Labute approximate surface area is 182 Å². The lowest BCUT2D eigenvalue weighted by Crippen LogP contribution is -2.26. The van der Waals surface area contributed by atoms with Crippen LogP contribution in [0.5, 0.6) is 0 Å². The molecule has 0 spiro atoms. The Kier molecular flexibility index (Phi) is 6.20. The lowest BCUT2D eigenvalue weighted by molar-refractivity contribution is 0.0868. The molecule has 30 heavy (non-hydrogen) atoms. The molecule has 2 heterocycles. The first-order valence-electron chi connectivity index (χ1n) is 9.40. The van der Waals surface area contributed by atoms with Gasteiger partial charge in [0.25, 0.3) is 5.56 Å². The standard InChI is InChI=1S/C22H19Cl2N3O3/c23-17-5-1-15(2-6-17)19-13-20-22(29)26(9-11-30-12-10-28)21(14-27(20)25-19)16-3-7-18(24)8-4-16/h1-8,13-14,28H,9-12H2. The minimum Gasteiger partial charge on any atom is -0.394 e. The summed E-state index contributed by atoms with van der Waals surface area (Å²) in [7, 11) is 0. The van der Waals surface area contributed by atoms with Crippen LogP contribution in [-0.2, 0) is 11.3 Å². The Morgan fingerprint density at radius 3 is 2.20 bits per heavy atom. The average Bonchev–Trinajstić information content (AvgIpc) is 3.18. The summed E-state index contributed by atoms with van der Waals surface area (Å²) in [6.07, 6.45) is 1.82. The van der Waals surface area contributed by atoms with Crippen molar-refractivity contribution in [2.45, 2.75) is 6.54 Å². The molecule has 0 fully saturated rings. The molecule has 154 valence electrons. The molecule has 0 amide bonds. The van der Waals surface area contributed by atoms with Gasteiger partial charge < -0.3 is 14.4 Å². The van der Waals surface area contributed by atoms with E-state index >= 15 is 0 Å². The third-order valence-corrected chi connectivity index (χ3v) is 5.21. The number of nitrogens with zero attached hydrogens (tertiary/aromatic N) is 3. The Bertz CT molecular complexity index is 1220. The summed E-state index contributed by atoms with van der Waals surface area (Å²) >= 11 is 12.0. The number of halogens is 2. The van der Waals surface area contributed by atoms with Crippen molar-refractivity contribution in [2.24, 2.45) is 0 Å². The number of hydrogen-bond acceptors (Lipinski definition) is 4. The van der Waals surface area contributed by atoms with Gasteiger partial charge in [0, 0.05) is 22.2 Å². The monoisotopic (exact) mass is 443 g/mol. The quantitative estimate of drug-likeness (QED) is 0.435. The number of aliphatic hydroxyl groups excluding tert-OH is 1. The molecular weight excluding hydrogens is 425 g/mol. The van der Waals surface area contributed by atoms with Gasteiger partial charge in [-0.05, 0) is 35.9 Å². The second-order valence-electron chi connectivity index (χ2n) is 6.68. The largest absolute Gasteiger partial charge is 0.394 e. The number of aromatic nitrogens is 3. The maximum absolute atomic E-state index is 13.3. The van der Waals surface area contributed by atoms with Crippen LogP contribution in [-0.4, -0.2) is 39.1 Å². The molecule has 0 aliphatic carbocycles. The lowest BCUT2D eigenvalue weighted by atomic mass is 10.1. The van der Waals surface area contributed by atoms with Gasteiger partial charge in [0.15, 0.2) is 0 Å². The van der Waals surface area contributed by atoms with E-state index in [0.717, 1.165) is 11.1 Å². The minimum absolute atomic E-state index is 0.0644. The topological polar surface area (TPSA) is 68.8 Å². The molecule has 0 radical (unpaired) electrons. The highest BCUT2D eigenvalue weighted by molar-refractivity contribution is 6.30. The van der Waals surface area contributed by atoms with E-state index in [4.69, 9.17) is 33.0 Å². The maximum Gasteiger partial charge on any atom is 0.277 e. The molecule has 4 aromatic rings. The number of ether oxygens (including phenoxy) is 1. The maximum atomic E-state index is 13.3. The molecule has 0 unspecified atom stereocenters. The third kappa shape index (κ3) is 4.27. The van der Waals surface area contributed by atoms with E-state index in [1.54, 1.807) is 39.4 Å². The van der Waals surface area contributed by atoms with E-state index in [-0.39, 0.29) is 18.8 Å². The summed E-state index contributed by atoms with van der Waals surface area (Å²) in [6.45, 7) is 0.801. The molecule has 4 rings (SSSR count). The van der Waals surface area contributed by atoms with Crippen molar-refractivity contribution in [3.63, 3.8) is 0 Å². The first-order valence-corrected chi connectivity index (χ1v) is 10.2. The normalized spacial score (nSPS) is 11.3. The van der Waals surface area contributed by atoms with Gasteiger partial charge in [-0.25, -0.2) is 4.52 Å². The fourth-order valence-corrected chi connectivity index (χ4v) is 3.49. The van der Waals surface area contributed by atoms with Crippen molar-refractivity contribution < 1.29 is 9.84 Å². The fourth-order valence-electron chi connectivity index (χ4n) is 3.24. The lowest BCUT2D eigenvalue weighted by Gasteiger charge is -2.14. The molecule has 8 heteroatoms. The van der Waals surface area contributed by atoms with Crippen molar-refractivity contribution in [3.05, 3.63) is 81.2 Å². The van der Waals surface area contributed by atoms with Gasteiger partial charge in [-0.1, -0.05) is 47.5 Å². The Hall–Kier alpha value is -2.64. The second-order valence-corrected chi connectivity index (χ2v) is 7.55. The molecule has 0 saturated carbocycles. The van der Waals surface area contributed by atoms with Gasteiger partial charge >= 0.3 is 0 Å². The van der Waals surface area contributed by atoms with Gasteiger partial charge in [-0.15, -0.1) is 0 Å². The molecular formula is C22H19Cl2N3O3. The molecule has 0 aliphatic rings. The van der Waals surface area contributed by atoms with E-state index in [1.807, 2.05) is 30.5 Å². The van der Waals surface area contributed by atoms with Crippen LogP contribution in [0.3, 0.4) is 0 Å². The highest BCUT2D eigenvalue weighted by Crippen LogP contribution is 2.24. The van der Waals surface area contributed by atoms with Gasteiger partial charge in [0.1, 0.15) is 5.52 Å². The van der Waals surface area contributed by atoms with Crippen molar-refractivity contribution in [2.75, 3.05) is 19.8 Å². The molecule has 0 bridgehead atoms. The van der Waals surface area contributed by atoms with Crippen LogP contribution in [0, 0.1) is 0 Å². The molecule has 6 nitrogen and oxygen atoms in total.